The molecule has 1 amide bonds. The fourth-order valence-corrected chi connectivity index (χ4v) is 2.68. The highest BCUT2D eigenvalue weighted by molar-refractivity contribution is 9.09. The Morgan fingerprint density at radius 2 is 1.52 bits per heavy atom. The molecule has 1 rings (SSSR count). The number of rotatable bonds is 11. The Bertz CT molecular complexity index is 477. The van der Waals surface area contributed by atoms with Gasteiger partial charge in [-0.1, -0.05) is 44.0 Å². The SMILES string of the molecule is O=C(CCCCBr)Nc1ccc(COC(=O)CCCCBr)cc1. The van der Waals surface area contributed by atoms with E-state index in [9.17, 15) is 9.59 Å². The number of amides is 1. The predicted molar refractivity (Wildman–Crippen MR) is 100 cm³/mol. The van der Waals surface area contributed by atoms with Gasteiger partial charge in [-0.3, -0.25) is 9.59 Å². The molecule has 1 aromatic carbocycles. The highest BCUT2D eigenvalue weighted by Gasteiger charge is 2.05. The van der Waals surface area contributed by atoms with Crippen molar-refractivity contribution in [1.29, 1.82) is 0 Å². The molecule has 0 aliphatic heterocycles. The van der Waals surface area contributed by atoms with Gasteiger partial charge in [0, 0.05) is 29.2 Å². The van der Waals surface area contributed by atoms with E-state index in [0.717, 1.165) is 47.6 Å². The maximum absolute atomic E-state index is 11.7. The summed E-state index contributed by atoms with van der Waals surface area (Å²) in [6.45, 7) is 0.270. The Morgan fingerprint density at radius 3 is 2.13 bits per heavy atom. The van der Waals surface area contributed by atoms with Crippen LogP contribution in [0.1, 0.15) is 44.1 Å². The minimum Gasteiger partial charge on any atom is -0.461 e. The largest absolute Gasteiger partial charge is 0.461 e. The first-order chi connectivity index (χ1) is 11.2. The Morgan fingerprint density at radius 1 is 0.913 bits per heavy atom. The molecule has 0 saturated heterocycles. The summed E-state index contributed by atoms with van der Waals surface area (Å²) in [6, 6.07) is 7.38. The molecular weight excluding hydrogens is 426 g/mol. The maximum atomic E-state index is 11.7. The number of hydrogen-bond acceptors (Lipinski definition) is 3. The van der Waals surface area contributed by atoms with E-state index in [1.165, 1.54) is 0 Å². The molecule has 128 valence electrons. The minimum atomic E-state index is -0.171. The number of hydrogen-bond donors (Lipinski definition) is 1. The molecule has 0 aromatic heterocycles. The average molecular weight is 449 g/mol. The Hall–Kier alpha value is -0.880. The van der Waals surface area contributed by atoms with Gasteiger partial charge in [0.15, 0.2) is 0 Å². The van der Waals surface area contributed by atoms with Gasteiger partial charge in [0.05, 0.1) is 0 Å². The summed E-state index contributed by atoms with van der Waals surface area (Å²) in [4.78, 5) is 23.2. The number of carbonyl (C=O) groups excluding carboxylic acids is 2. The van der Waals surface area contributed by atoms with Crippen LogP contribution in [0.2, 0.25) is 0 Å². The second-order valence-corrected chi connectivity index (χ2v) is 6.78. The number of halogens is 2. The van der Waals surface area contributed by atoms with E-state index >= 15 is 0 Å². The molecule has 6 heteroatoms. The Labute approximate surface area is 154 Å². The second-order valence-electron chi connectivity index (χ2n) is 5.20. The standard InChI is InChI=1S/C17H23Br2NO3/c18-11-3-1-5-16(21)20-15-9-7-14(8-10-15)13-23-17(22)6-2-4-12-19/h7-10H,1-6,11-13H2,(H,20,21). The lowest BCUT2D eigenvalue weighted by Crippen LogP contribution is -2.11. The smallest absolute Gasteiger partial charge is 0.306 e. The Balaban J connectivity index is 2.30. The first kappa shape index (κ1) is 20.2. The third-order valence-electron chi connectivity index (χ3n) is 3.19. The van der Waals surface area contributed by atoms with Crippen molar-refractivity contribution < 1.29 is 14.3 Å². The van der Waals surface area contributed by atoms with Gasteiger partial charge in [0.25, 0.3) is 0 Å². The van der Waals surface area contributed by atoms with Crippen molar-refractivity contribution in [3.8, 4) is 0 Å². The van der Waals surface area contributed by atoms with Gasteiger partial charge in [0.2, 0.25) is 5.91 Å². The van der Waals surface area contributed by atoms with E-state index in [0.29, 0.717) is 12.8 Å². The van der Waals surface area contributed by atoms with Gasteiger partial charge in [-0.25, -0.2) is 0 Å². The molecule has 23 heavy (non-hydrogen) atoms. The lowest BCUT2D eigenvalue weighted by Gasteiger charge is -2.07. The normalized spacial score (nSPS) is 10.3. The van der Waals surface area contributed by atoms with E-state index in [4.69, 9.17) is 4.74 Å². The molecule has 4 nitrogen and oxygen atoms in total. The van der Waals surface area contributed by atoms with E-state index in [2.05, 4.69) is 37.2 Å². The van der Waals surface area contributed by atoms with Gasteiger partial charge >= 0.3 is 5.97 Å². The molecule has 0 aliphatic carbocycles. The van der Waals surface area contributed by atoms with Crippen molar-refractivity contribution >= 4 is 49.4 Å². The van der Waals surface area contributed by atoms with E-state index in [1.54, 1.807) is 0 Å². The van der Waals surface area contributed by atoms with Crippen molar-refractivity contribution in [1.82, 2.24) is 0 Å². The minimum absolute atomic E-state index is 0.0249. The maximum Gasteiger partial charge on any atom is 0.306 e. The van der Waals surface area contributed by atoms with E-state index in [-0.39, 0.29) is 18.5 Å². The zero-order valence-electron chi connectivity index (χ0n) is 13.2. The zero-order chi connectivity index (χ0) is 16.9. The van der Waals surface area contributed by atoms with Crippen molar-refractivity contribution in [3.63, 3.8) is 0 Å². The summed E-state index contributed by atoms with van der Waals surface area (Å²) >= 11 is 6.68. The quantitative estimate of drug-likeness (QED) is 0.300. The van der Waals surface area contributed by atoms with Crippen LogP contribution in [-0.2, 0) is 20.9 Å². The number of esters is 1. The van der Waals surface area contributed by atoms with Crippen LogP contribution in [0.3, 0.4) is 0 Å². The van der Waals surface area contributed by atoms with Crippen molar-refractivity contribution in [2.75, 3.05) is 16.0 Å². The van der Waals surface area contributed by atoms with Gasteiger partial charge < -0.3 is 10.1 Å². The summed E-state index contributed by atoms with van der Waals surface area (Å²) in [5.74, 6) is -0.146. The number of nitrogens with one attached hydrogen (secondary N) is 1. The lowest BCUT2D eigenvalue weighted by molar-refractivity contribution is -0.145. The second kappa shape index (κ2) is 12.5. The fraction of sp³-hybridized carbons (Fsp3) is 0.529. The number of alkyl halides is 2. The molecule has 0 radical (unpaired) electrons. The van der Waals surface area contributed by atoms with Crippen LogP contribution in [0.4, 0.5) is 5.69 Å². The van der Waals surface area contributed by atoms with Crippen LogP contribution in [0.15, 0.2) is 24.3 Å². The first-order valence-corrected chi connectivity index (χ1v) is 10.1. The van der Waals surface area contributed by atoms with Gasteiger partial charge in [0.1, 0.15) is 6.61 Å². The van der Waals surface area contributed by atoms with E-state index in [1.807, 2.05) is 24.3 Å². The number of carbonyl (C=O) groups is 2. The number of anilines is 1. The summed E-state index contributed by atoms with van der Waals surface area (Å²) < 4.78 is 5.22. The predicted octanol–water partition coefficient (Wildman–Crippen LogP) is 4.80. The van der Waals surface area contributed by atoms with Crippen LogP contribution in [-0.4, -0.2) is 22.5 Å². The van der Waals surface area contributed by atoms with Crippen LogP contribution < -0.4 is 5.32 Å². The van der Waals surface area contributed by atoms with Crippen molar-refractivity contribution in [2.45, 2.75) is 45.1 Å². The molecule has 0 saturated carbocycles. The summed E-state index contributed by atoms with van der Waals surface area (Å²) in [6.07, 6.45) is 4.66. The molecule has 0 bridgehead atoms. The summed E-state index contributed by atoms with van der Waals surface area (Å²) in [5.41, 5.74) is 1.68. The summed E-state index contributed by atoms with van der Waals surface area (Å²) in [5, 5.41) is 4.69. The molecule has 1 aromatic rings. The van der Waals surface area contributed by atoms with E-state index < -0.39 is 0 Å². The third kappa shape index (κ3) is 9.76. The molecule has 1 N–H and O–H groups in total. The number of benzene rings is 1. The fourth-order valence-electron chi connectivity index (χ4n) is 1.89. The van der Waals surface area contributed by atoms with Crippen LogP contribution in [0.5, 0.6) is 0 Å². The monoisotopic (exact) mass is 447 g/mol. The van der Waals surface area contributed by atoms with Crippen molar-refractivity contribution in [3.05, 3.63) is 29.8 Å². The molecule has 0 unspecified atom stereocenters. The average Bonchev–Trinajstić information content (AvgIpc) is 2.55. The molecule has 0 atom stereocenters. The molecule has 0 fully saturated rings. The molecule has 0 aliphatic rings. The molecular formula is C17H23Br2NO3. The van der Waals surface area contributed by atoms with Gasteiger partial charge in [-0.2, -0.15) is 0 Å². The van der Waals surface area contributed by atoms with Crippen LogP contribution >= 0.6 is 31.9 Å². The zero-order valence-corrected chi connectivity index (χ0v) is 16.3. The Kier molecular flexibility index (Phi) is 11.0. The van der Waals surface area contributed by atoms with Gasteiger partial charge in [-0.15, -0.1) is 0 Å². The third-order valence-corrected chi connectivity index (χ3v) is 4.31. The number of unbranched alkanes of at least 4 members (excludes halogenated alkanes) is 2. The lowest BCUT2D eigenvalue weighted by atomic mass is 10.2. The van der Waals surface area contributed by atoms with Crippen LogP contribution in [0, 0.1) is 0 Å². The number of ether oxygens (including phenoxy) is 1. The summed E-state index contributed by atoms with van der Waals surface area (Å²) in [7, 11) is 0. The van der Waals surface area contributed by atoms with Crippen LogP contribution in [0.25, 0.3) is 0 Å². The van der Waals surface area contributed by atoms with Gasteiger partial charge in [-0.05, 0) is 43.4 Å². The molecule has 0 heterocycles. The van der Waals surface area contributed by atoms with Crippen molar-refractivity contribution in [2.24, 2.45) is 0 Å². The highest BCUT2D eigenvalue weighted by Crippen LogP contribution is 2.12. The highest BCUT2D eigenvalue weighted by atomic mass is 79.9. The molecule has 0 spiro atoms. The topological polar surface area (TPSA) is 55.4 Å². The first-order valence-electron chi connectivity index (χ1n) is 7.82.